The summed E-state index contributed by atoms with van der Waals surface area (Å²) in [6.07, 6.45) is 0.702. The second kappa shape index (κ2) is 4.11. The first-order valence-electron chi connectivity index (χ1n) is 4.84. The van der Waals surface area contributed by atoms with E-state index in [4.69, 9.17) is 16.5 Å². The van der Waals surface area contributed by atoms with E-state index in [0.29, 0.717) is 13.0 Å². The summed E-state index contributed by atoms with van der Waals surface area (Å²) in [5.41, 5.74) is 1.85. The maximum absolute atomic E-state index is 11.6. The molecule has 80 valence electrons. The van der Waals surface area contributed by atoms with Crippen LogP contribution < -0.4 is 4.42 Å². The van der Waals surface area contributed by atoms with Gasteiger partial charge in [0.1, 0.15) is 0 Å². The molecule has 0 amide bonds. The zero-order valence-corrected chi connectivity index (χ0v) is 9.20. The summed E-state index contributed by atoms with van der Waals surface area (Å²) in [6, 6.07) is 7.65. The van der Waals surface area contributed by atoms with Crippen LogP contribution in [0, 0.1) is 0 Å². The van der Waals surface area contributed by atoms with Crippen LogP contribution in [0.5, 0.6) is 0 Å². The zero-order chi connectivity index (χ0) is 10.8. The average Bonchev–Trinajstić information content (AvgIpc) is 2.29. The topological polar surface area (TPSA) is 29.5 Å². The van der Waals surface area contributed by atoms with E-state index in [9.17, 15) is 4.79 Å². The van der Waals surface area contributed by atoms with Gasteiger partial charge in [0.25, 0.3) is 0 Å². The van der Waals surface area contributed by atoms with Crippen molar-refractivity contribution >= 4 is 23.4 Å². The molecule has 4 heteroatoms. The second-order valence-electron chi connectivity index (χ2n) is 3.51. The Kier molecular flexibility index (Phi) is 2.82. The molecule has 0 aromatic heterocycles. The molecule has 1 aromatic carbocycles. The quantitative estimate of drug-likeness (QED) is 0.543. The Labute approximate surface area is 93.7 Å². The molecule has 0 saturated carbocycles. The van der Waals surface area contributed by atoms with Gasteiger partial charge in [-0.25, -0.2) is 0 Å². The summed E-state index contributed by atoms with van der Waals surface area (Å²) in [5, 5.41) is 0. The highest BCUT2D eigenvalue weighted by Crippen LogP contribution is 2.36. The summed E-state index contributed by atoms with van der Waals surface area (Å²) in [5.74, 6) is -0.367. The largest absolute Gasteiger partial charge is 0.469 e. The van der Waals surface area contributed by atoms with Gasteiger partial charge in [0, 0.05) is 18.3 Å². The Bertz CT molecular complexity index is 381. The van der Waals surface area contributed by atoms with Crippen LogP contribution in [0.1, 0.15) is 17.9 Å². The first-order valence-corrected chi connectivity index (χ1v) is 5.18. The van der Waals surface area contributed by atoms with Crippen molar-refractivity contribution in [3.63, 3.8) is 0 Å². The number of halogens is 1. The zero-order valence-electron chi connectivity index (χ0n) is 8.44. The third-order valence-corrected chi connectivity index (χ3v) is 3.02. The van der Waals surface area contributed by atoms with Crippen LogP contribution >= 0.6 is 11.8 Å². The van der Waals surface area contributed by atoms with Crippen LogP contribution in [0.4, 0.5) is 5.69 Å². The number of hydrogen-bond acceptors (Lipinski definition) is 3. The number of rotatable bonds is 1. The molecule has 0 fully saturated rings. The number of carbonyl (C=O) groups is 1. The number of esters is 1. The van der Waals surface area contributed by atoms with Crippen molar-refractivity contribution in [2.75, 3.05) is 18.1 Å². The number of methoxy groups -OCH3 is 1. The number of para-hydroxylation sites is 1. The van der Waals surface area contributed by atoms with Gasteiger partial charge in [-0.1, -0.05) is 18.2 Å². The lowest BCUT2D eigenvalue weighted by Gasteiger charge is -2.29. The molecule has 2 rings (SSSR count). The van der Waals surface area contributed by atoms with Gasteiger partial charge in [0.05, 0.1) is 18.7 Å². The molecular weight excluding hydrogens is 214 g/mol. The molecule has 3 nitrogen and oxygen atoms in total. The number of ether oxygens (including phenoxy) is 1. The Morgan fingerprint density at radius 2 is 2.27 bits per heavy atom. The van der Waals surface area contributed by atoms with E-state index in [2.05, 4.69) is 0 Å². The van der Waals surface area contributed by atoms with E-state index >= 15 is 0 Å². The fourth-order valence-corrected chi connectivity index (χ4v) is 2.16. The lowest BCUT2D eigenvalue weighted by molar-refractivity contribution is -0.142. The molecular formula is C11H12ClNO2. The number of anilines is 1. The van der Waals surface area contributed by atoms with Gasteiger partial charge in [-0.05, 0) is 18.1 Å². The van der Waals surface area contributed by atoms with Crippen LogP contribution in [0.3, 0.4) is 0 Å². The lowest BCUT2D eigenvalue weighted by Crippen LogP contribution is -2.27. The van der Waals surface area contributed by atoms with Crippen molar-refractivity contribution in [3.05, 3.63) is 29.8 Å². The number of benzene rings is 1. The van der Waals surface area contributed by atoms with Crippen molar-refractivity contribution in [3.8, 4) is 0 Å². The van der Waals surface area contributed by atoms with Gasteiger partial charge in [0.15, 0.2) is 0 Å². The predicted octanol–water partition coefficient (Wildman–Crippen LogP) is 2.31. The Balaban J connectivity index is 2.40. The van der Waals surface area contributed by atoms with Crippen molar-refractivity contribution in [2.24, 2.45) is 0 Å². The van der Waals surface area contributed by atoms with Crippen LogP contribution in [-0.2, 0) is 9.53 Å². The maximum Gasteiger partial charge on any atom is 0.313 e. The Morgan fingerprint density at radius 1 is 1.53 bits per heavy atom. The number of nitrogens with zero attached hydrogens (tertiary/aromatic N) is 1. The fourth-order valence-electron chi connectivity index (χ4n) is 1.91. The third kappa shape index (κ3) is 1.79. The molecule has 0 aliphatic carbocycles. The molecule has 1 heterocycles. The average molecular weight is 226 g/mol. The van der Waals surface area contributed by atoms with E-state index in [1.807, 2.05) is 24.3 Å². The van der Waals surface area contributed by atoms with Crippen LogP contribution in [-0.4, -0.2) is 19.6 Å². The molecule has 1 unspecified atom stereocenters. The first kappa shape index (κ1) is 10.3. The third-order valence-electron chi connectivity index (χ3n) is 2.67. The molecule has 1 aliphatic heterocycles. The normalized spacial score (nSPS) is 19.6. The highest BCUT2D eigenvalue weighted by Gasteiger charge is 2.29. The van der Waals surface area contributed by atoms with E-state index < -0.39 is 0 Å². The fraction of sp³-hybridized carbons (Fsp3) is 0.364. The van der Waals surface area contributed by atoms with E-state index in [0.717, 1.165) is 11.3 Å². The van der Waals surface area contributed by atoms with Crippen molar-refractivity contribution in [2.45, 2.75) is 12.3 Å². The summed E-state index contributed by atoms with van der Waals surface area (Å²) >= 11 is 6.04. The molecule has 1 atom stereocenters. The van der Waals surface area contributed by atoms with E-state index in [1.54, 1.807) is 4.42 Å². The lowest BCUT2D eigenvalue weighted by atomic mass is 9.91. The SMILES string of the molecule is COC(=O)C1CCN(Cl)c2ccccc21. The number of fused-ring (bicyclic) bond motifs is 1. The Morgan fingerprint density at radius 3 is 3.00 bits per heavy atom. The van der Waals surface area contributed by atoms with Gasteiger partial charge in [-0.15, -0.1) is 0 Å². The van der Waals surface area contributed by atoms with Gasteiger partial charge in [-0.3, -0.25) is 9.21 Å². The summed E-state index contributed by atoms with van der Waals surface area (Å²) in [7, 11) is 1.41. The highest BCUT2D eigenvalue weighted by atomic mass is 35.5. The minimum atomic E-state index is -0.188. The minimum Gasteiger partial charge on any atom is -0.469 e. The van der Waals surface area contributed by atoms with Gasteiger partial charge >= 0.3 is 5.97 Å². The van der Waals surface area contributed by atoms with Gasteiger partial charge in [-0.2, -0.15) is 0 Å². The molecule has 1 aromatic rings. The summed E-state index contributed by atoms with van der Waals surface area (Å²) in [4.78, 5) is 11.6. The minimum absolute atomic E-state index is 0.179. The summed E-state index contributed by atoms with van der Waals surface area (Å²) in [6.45, 7) is 0.665. The maximum atomic E-state index is 11.6. The number of carbonyl (C=O) groups excluding carboxylic acids is 1. The van der Waals surface area contributed by atoms with Crippen molar-refractivity contribution < 1.29 is 9.53 Å². The monoisotopic (exact) mass is 225 g/mol. The van der Waals surface area contributed by atoms with Crippen molar-refractivity contribution in [1.82, 2.24) is 0 Å². The van der Waals surface area contributed by atoms with E-state index in [-0.39, 0.29) is 11.9 Å². The predicted molar refractivity (Wildman–Crippen MR) is 59.0 cm³/mol. The van der Waals surface area contributed by atoms with E-state index in [1.165, 1.54) is 7.11 Å². The standard InChI is InChI=1S/C11H12ClNO2/c1-15-11(14)9-6-7-13(12)10-5-3-2-4-8(9)10/h2-5,9H,6-7H2,1H3. The van der Waals surface area contributed by atoms with Crippen LogP contribution in [0.2, 0.25) is 0 Å². The first-order chi connectivity index (χ1) is 7.24. The van der Waals surface area contributed by atoms with Crippen molar-refractivity contribution in [1.29, 1.82) is 0 Å². The van der Waals surface area contributed by atoms with Crippen LogP contribution in [0.15, 0.2) is 24.3 Å². The highest BCUT2D eigenvalue weighted by molar-refractivity contribution is 6.26. The molecule has 1 aliphatic rings. The smallest absolute Gasteiger partial charge is 0.313 e. The second-order valence-corrected chi connectivity index (χ2v) is 3.92. The Hall–Kier alpha value is -1.22. The molecule has 15 heavy (non-hydrogen) atoms. The molecule has 0 spiro atoms. The van der Waals surface area contributed by atoms with Gasteiger partial charge in [0.2, 0.25) is 0 Å². The summed E-state index contributed by atoms with van der Waals surface area (Å²) < 4.78 is 6.43. The molecule has 0 radical (unpaired) electrons. The molecule has 0 bridgehead atoms. The molecule has 0 N–H and O–H groups in total. The number of hydrogen-bond donors (Lipinski definition) is 0. The molecule has 0 saturated heterocycles. The van der Waals surface area contributed by atoms with Gasteiger partial charge < -0.3 is 4.74 Å². The van der Waals surface area contributed by atoms with Crippen LogP contribution in [0.25, 0.3) is 0 Å².